The number of rotatable bonds is 14. The lowest BCUT2D eigenvalue weighted by Crippen LogP contribution is -2.25. The van der Waals surface area contributed by atoms with E-state index in [0.717, 1.165) is 33.7 Å². The Morgan fingerprint density at radius 1 is 0.759 bits per heavy atom. The van der Waals surface area contributed by atoms with Crippen LogP contribution in [0.4, 0.5) is 11.4 Å². The largest absolute Gasteiger partial charge is 0.495 e. The first-order valence-corrected chi connectivity index (χ1v) is 18.3. The Morgan fingerprint density at radius 2 is 1.50 bits per heavy atom. The number of carbonyl (C=O) groups excluding carboxylic acids is 3. The van der Waals surface area contributed by atoms with Gasteiger partial charge in [0, 0.05) is 56.0 Å². The number of nitrogens with one attached hydrogen (secondary N) is 2. The molecule has 58 heavy (non-hydrogen) atoms. The van der Waals surface area contributed by atoms with Crippen molar-refractivity contribution in [3.8, 4) is 17.2 Å². The van der Waals surface area contributed by atoms with Gasteiger partial charge in [-0.25, -0.2) is 4.68 Å². The molecule has 0 radical (unpaired) electrons. The fraction of sp³-hybridized carbons (Fsp3) is 0.182. The van der Waals surface area contributed by atoms with Gasteiger partial charge in [-0.3, -0.25) is 29.1 Å². The third kappa shape index (κ3) is 8.72. The number of anilines is 2. The molecule has 14 heteroatoms. The number of hydrogen-bond acceptors (Lipinski definition) is 11. The second kappa shape index (κ2) is 17.2. The summed E-state index contributed by atoms with van der Waals surface area (Å²) in [5.41, 5.74) is 4.48. The van der Waals surface area contributed by atoms with Gasteiger partial charge in [0.05, 0.1) is 55.9 Å². The SMILES string of the molecule is COc1cncc(CN(CCc2ccc(NC(=O)c3cc(OC)c(OC)cc3NC(=O)c3cc(=O)c4ccccc4o3)cc2)Cc2ccc3c(cnn3C(C)=O)c2)c1. The molecule has 0 saturated carbocycles. The molecule has 0 unspecified atom stereocenters. The molecule has 0 aliphatic rings. The molecule has 0 aliphatic heterocycles. The maximum absolute atomic E-state index is 13.8. The van der Waals surface area contributed by atoms with Gasteiger partial charge in [0.25, 0.3) is 11.8 Å². The Bertz CT molecular complexity index is 2710. The van der Waals surface area contributed by atoms with Crippen molar-refractivity contribution in [1.82, 2.24) is 19.7 Å². The van der Waals surface area contributed by atoms with E-state index in [1.807, 2.05) is 54.7 Å². The summed E-state index contributed by atoms with van der Waals surface area (Å²) in [7, 11) is 4.49. The molecule has 294 valence electrons. The highest BCUT2D eigenvalue weighted by molar-refractivity contribution is 6.12. The lowest BCUT2D eigenvalue weighted by Gasteiger charge is -2.23. The van der Waals surface area contributed by atoms with Crippen LogP contribution in [0.15, 0.2) is 119 Å². The molecule has 7 rings (SSSR count). The summed E-state index contributed by atoms with van der Waals surface area (Å²) >= 11 is 0. The van der Waals surface area contributed by atoms with Gasteiger partial charge in [-0.2, -0.15) is 5.10 Å². The molecule has 0 spiro atoms. The molecule has 2 N–H and O–H groups in total. The van der Waals surface area contributed by atoms with Crippen LogP contribution in [0.2, 0.25) is 0 Å². The second-order valence-electron chi connectivity index (χ2n) is 13.5. The number of amides is 2. The Balaban J connectivity index is 1.07. The van der Waals surface area contributed by atoms with Gasteiger partial charge in [-0.1, -0.05) is 30.3 Å². The van der Waals surface area contributed by atoms with Gasteiger partial charge in [0.1, 0.15) is 11.3 Å². The first-order chi connectivity index (χ1) is 28.1. The van der Waals surface area contributed by atoms with E-state index in [0.29, 0.717) is 42.9 Å². The maximum atomic E-state index is 13.8. The molecular formula is C44H40N6O8. The first kappa shape index (κ1) is 38.9. The number of carbonyl (C=O) groups is 3. The van der Waals surface area contributed by atoms with Crippen molar-refractivity contribution < 1.29 is 33.0 Å². The van der Waals surface area contributed by atoms with Crippen molar-refractivity contribution in [3.05, 3.63) is 148 Å². The van der Waals surface area contributed by atoms with Crippen LogP contribution in [0, 0.1) is 0 Å². The number of nitrogens with zero attached hydrogens (tertiary/aromatic N) is 4. The van der Waals surface area contributed by atoms with E-state index in [4.69, 9.17) is 18.6 Å². The van der Waals surface area contributed by atoms with Gasteiger partial charge in [-0.15, -0.1) is 0 Å². The average molecular weight is 781 g/mol. The van der Waals surface area contributed by atoms with Crippen molar-refractivity contribution in [3.63, 3.8) is 0 Å². The number of ether oxygens (including phenoxy) is 3. The Morgan fingerprint density at radius 3 is 2.26 bits per heavy atom. The summed E-state index contributed by atoms with van der Waals surface area (Å²) < 4.78 is 23.4. The predicted octanol–water partition coefficient (Wildman–Crippen LogP) is 6.97. The van der Waals surface area contributed by atoms with Crippen LogP contribution in [0.25, 0.3) is 21.9 Å². The standard InChI is InChI=1S/C44H40N6O8/c1-27(51)50-37-14-11-29(17-31(37)23-46-50)25-49(26-30-18-33(55-2)24-45-22-30)16-15-28-9-12-32(13-10-28)47-43(53)35-19-40(56-3)41(57-4)20-36(35)48-44(54)42-21-38(52)34-7-5-6-8-39(34)58-42/h5-14,17-24H,15-16,25-26H2,1-4H3,(H,47,53)(H,48,54). The number of hydrogen-bond donors (Lipinski definition) is 2. The molecule has 0 fully saturated rings. The number of aromatic nitrogens is 3. The number of methoxy groups -OCH3 is 3. The van der Waals surface area contributed by atoms with Crippen LogP contribution in [-0.2, 0) is 19.5 Å². The van der Waals surface area contributed by atoms with E-state index in [9.17, 15) is 19.2 Å². The highest BCUT2D eigenvalue weighted by Gasteiger charge is 2.21. The topological polar surface area (TPSA) is 167 Å². The fourth-order valence-corrected chi connectivity index (χ4v) is 6.63. The summed E-state index contributed by atoms with van der Waals surface area (Å²) in [6.45, 7) is 3.42. The first-order valence-electron chi connectivity index (χ1n) is 18.3. The smallest absolute Gasteiger partial charge is 0.291 e. The van der Waals surface area contributed by atoms with E-state index in [1.165, 1.54) is 38.0 Å². The van der Waals surface area contributed by atoms with Gasteiger partial charge in [0.2, 0.25) is 5.91 Å². The summed E-state index contributed by atoms with van der Waals surface area (Å²) in [5.74, 6) is -0.387. The number of para-hydroxylation sites is 1. The Labute approximate surface area is 333 Å². The summed E-state index contributed by atoms with van der Waals surface area (Å²) in [6.07, 6.45) is 5.89. The molecule has 4 aromatic carbocycles. The Hall–Kier alpha value is -7.32. The zero-order valence-electron chi connectivity index (χ0n) is 32.3. The maximum Gasteiger partial charge on any atom is 0.291 e. The van der Waals surface area contributed by atoms with Gasteiger partial charge in [-0.05, 0) is 71.6 Å². The lowest BCUT2D eigenvalue weighted by atomic mass is 10.1. The fourth-order valence-electron chi connectivity index (χ4n) is 6.63. The molecular weight excluding hydrogens is 741 g/mol. The molecule has 3 aromatic heterocycles. The molecule has 7 aromatic rings. The van der Waals surface area contributed by atoms with Crippen LogP contribution in [-0.4, -0.2) is 65.3 Å². The summed E-state index contributed by atoms with van der Waals surface area (Å²) in [4.78, 5) is 58.5. The van der Waals surface area contributed by atoms with E-state index in [1.54, 1.807) is 43.8 Å². The zero-order valence-corrected chi connectivity index (χ0v) is 32.3. The summed E-state index contributed by atoms with van der Waals surface area (Å²) in [5, 5.41) is 11.1. The van der Waals surface area contributed by atoms with Crippen LogP contribution >= 0.6 is 0 Å². The number of benzene rings is 4. The van der Waals surface area contributed by atoms with Crippen molar-refractivity contribution in [2.24, 2.45) is 0 Å². The predicted molar refractivity (Wildman–Crippen MR) is 219 cm³/mol. The van der Waals surface area contributed by atoms with Gasteiger partial charge in [0.15, 0.2) is 22.7 Å². The van der Waals surface area contributed by atoms with Crippen LogP contribution in [0.3, 0.4) is 0 Å². The highest BCUT2D eigenvalue weighted by atomic mass is 16.5. The molecule has 0 bridgehead atoms. The highest BCUT2D eigenvalue weighted by Crippen LogP contribution is 2.34. The molecule has 0 atom stereocenters. The molecule has 2 amide bonds. The third-order valence-electron chi connectivity index (χ3n) is 9.55. The van der Waals surface area contributed by atoms with Crippen LogP contribution in [0.1, 0.15) is 49.3 Å². The quantitative estimate of drug-likeness (QED) is 0.117. The third-order valence-corrected chi connectivity index (χ3v) is 9.55. The van der Waals surface area contributed by atoms with Crippen molar-refractivity contribution in [1.29, 1.82) is 0 Å². The minimum Gasteiger partial charge on any atom is -0.495 e. The van der Waals surface area contributed by atoms with E-state index in [-0.39, 0.29) is 45.4 Å². The minimum atomic E-state index is -0.727. The number of fused-ring (bicyclic) bond motifs is 2. The number of pyridine rings is 1. The molecule has 0 aliphatic carbocycles. The van der Waals surface area contributed by atoms with Crippen molar-refractivity contribution in [2.75, 3.05) is 38.5 Å². The van der Waals surface area contributed by atoms with E-state index < -0.39 is 11.8 Å². The van der Waals surface area contributed by atoms with Crippen LogP contribution in [0.5, 0.6) is 17.2 Å². The van der Waals surface area contributed by atoms with E-state index >= 15 is 0 Å². The van der Waals surface area contributed by atoms with Gasteiger partial charge >= 0.3 is 0 Å². The van der Waals surface area contributed by atoms with Gasteiger partial charge < -0.3 is 29.3 Å². The average Bonchev–Trinajstić information content (AvgIpc) is 3.67. The molecule has 3 heterocycles. The lowest BCUT2D eigenvalue weighted by molar-refractivity contribution is 0.0925. The Kier molecular flexibility index (Phi) is 11.6. The van der Waals surface area contributed by atoms with Crippen LogP contribution < -0.4 is 30.3 Å². The normalized spacial score (nSPS) is 11.1. The monoisotopic (exact) mass is 780 g/mol. The zero-order chi connectivity index (χ0) is 40.8. The van der Waals surface area contributed by atoms with Crippen molar-refractivity contribution >= 4 is 51.0 Å². The van der Waals surface area contributed by atoms with Crippen molar-refractivity contribution in [2.45, 2.75) is 26.4 Å². The second-order valence-corrected chi connectivity index (χ2v) is 13.5. The minimum absolute atomic E-state index is 0.0905. The summed E-state index contributed by atoms with van der Waals surface area (Å²) in [6, 6.07) is 26.1. The van der Waals surface area contributed by atoms with E-state index in [2.05, 4.69) is 25.6 Å². The molecule has 0 saturated heterocycles. The molecule has 14 nitrogen and oxygen atoms in total.